The molecule has 0 atom stereocenters. The second kappa shape index (κ2) is 8.52. The van der Waals surface area contributed by atoms with Crippen LogP contribution in [0.5, 0.6) is 11.5 Å². The summed E-state index contributed by atoms with van der Waals surface area (Å²) in [7, 11) is -1.24. The van der Waals surface area contributed by atoms with Crippen LogP contribution in [0.4, 0.5) is 5.95 Å². The normalized spacial score (nSPS) is 11.6. The van der Waals surface area contributed by atoms with Crippen LogP contribution in [0.2, 0.25) is 0 Å². The van der Waals surface area contributed by atoms with Gasteiger partial charge < -0.3 is 15.2 Å². The van der Waals surface area contributed by atoms with Crippen molar-refractivity contribution in [1.82, 2.24) is 19.2 Å². The number of pyridine rings is 1. The lowest BCUT2D eigenvalue weighted by atomic mass is 10.2. The summed E-state index contributed by atoms with van der Waals surface area (Å²) >= 11 is 0. The number of fused-ring (bicyclic) bond motifs is 1. The van der Waals surface area contributed by atoms with Crippen molar-refractivity contribution in [1.29, 1.82) is 0 Å². The van der Waals surface area contributed by atoms with E-state index >= 15 is 0 Å². The van der Waals surface area contributed by atoms with Gasteiger partial charge in [0.2, 0.25) is 5.95 Å². The van der Waals surface area contributed by atoms with E-state index in [4.69, 9.17) is 15.2 Å². The first-order valence-electron chi connectivity index (χ1n) is 9.78. The predicted molar refractivity (Wildman–Crippen MR) is 120 cm³/mol. The Morgan fingerprint density at radius 1 is 1.09 bits per heavy atom. The Morgan fingerprint density at radius 3 is 2.44 bits per heavy atom. The molecule has 0 saturated heterocycles. The van der Waals surface area contributed by atoms with Gasteiger partial charge in [-0.15, -0.1) is 0 Å². The number of ether oxygens (including phenoxy) is 2. The summed E-state index contributed by atoms with van der Waals surface area (Å²) in [5.74, 6) is 0.516. The quantitative estimate of drug-likeness (QED) is 0.416. The van der Waals surface area contributed by atoms with Gasteiger partial charge in [0.15, 0.2) is 4.90 Å². The van der Waals surface area contributed by atoms with E-state index in [1.54, 1.807) is 39.7 Å². The van der Waals surface area contributed by atoms with Crippen molar-refractivity contribution >= 4 is 21.5 Å². The fourth-order valence-electron chi connectivity index (χ4n) is 3.60. The molecule has 168 valence electrons. The highest BCUT2D eigenvalue weighted by Crippen LogP contribution is 2.34. The number of rotatable bonds is 8. The molecule has 4 rings (SSSR count). The highest BCUT2D eigenvalue weighted by atomic mass is 32.2. The molecule has 10 nitrogen and oxygen atoms in total. The van der Waals surface area contributed by atoms with Gasteiger partial charge in [0.25, 0.3) is 10.0 Å². The van der Waals surface area contributed by atoms with Crippen molar-refractivity contribution in [2.45, 2.75) is 24.9 Å². The summed E-state index contributed by atoms with van der Waals surface area (Å²) in [6.45, 7) is 2.87. The standard InChI is InChI=1S/C21H24N6O4S/c1-14-7-15(12-26-13-16(9-22)10-24-26)8-17-11-23-21(27(14)17)25-32(28,29)20-18(30-2)5-4-6-19(20)31-3/h4-8,10-11,13H,9,12,22H2,1-3H3,(H,23,25). The van der Waals surface area contributed by atoms with Crippen LogP contribution in [0, 0.1) is 6.92 Å². The summed E-state index contributed by atoms with van der Waals surface area (Å²) in [5.41, 5.74) is 9.16. The highest BCUT2D eigenvalue weighted by Gasteiger charge is 2.26. The molecule has 3 N–H and O–H groups in total. The van der Waals surface area contributed by atoms with Gasteiger partial charge in [0.05, 0.1) is 38.7 Å². The number of methoxy groups -OCH3 is 2. The Labute approximate surface area is 185 Å². The van der Waals surface area contributed by atoms with Crippen molar-refractivity contribution in [3.8, 4) is 11.5 Å². The zero-order valence-corrected chi connectivity index (χ0v) is 18.8. The SMILES string of the molecule is COc1cccc(OC)c1S(=O)(=O)Nc1ncc2cc(Cn3cc(CN)cn3)cc(C)n12. The number of nitrogens with one attached hydrogen (secondary N) is 1. The largest absolute Gasteiger partial charge is 0.495 e. The van der Waals surface area contributed by atoms with Crippen LogP contribution in [-0.4, -0.2) is 41.8 Å². The third-order valence-electron chi connectivity index (χ3n) is 5.01. The molecule has 0 unspecified atom stereocenters. The zero-order chi connectivity index (χ0) is 22.9. The number of anilines is 1. The highest BCUT2D eigenvalue weighted by molar-refractivity contribution is 7.93. The van der Waals surface area contributed by atoms with E-state index in [2.05, 4.69) is 14.8 Å². The van der Waals surface area contributed by atoms with Crippen LogP contribution in [0.3, 0.4) is 0 Å². The minimum atomic E-state index is -4.05. The van der Waals surface area contributed by atoms with Crippen LogP contribution < -0.4 is 19.9 Å². The summed E-state index contributed by atoms with van der Waals surface area (Å²) in [6, 6.07) is 8.67. The van der Waals surface area contributed by atoms with E-state index in [1.165, 1.54) is 14.2 Å². The second-order valence-electron chi connectivity index (χ2n) is 7.19. The maximum Gasteiger partial charge on any atom is 0.271 e. The van der Waals surface area contributed by atoms with Crippen molar-refractivity contribution in [2.75, 3.05) is 18.9 Å². The third kappa shape index (κ3) is 3.99. The molecule has 0 bridgehead atoms. The molecule has 0 aliphatic heterocycles. The summed E-state index contributed by atoms with van der Waals surface area (Å²) in [4.78, 5) is 4.20. The maximum atomic E-state index is 13.2. The summed E-state index contributed by atoms with van der Waals surface area (Å²) in [5, 5.41) is 4.31. The number of benzene rings is 1. The molecule has 0 fully saturated rings. The molecule has 0 radical (unpaired) electrons. The fraction of sp³-hybridized carbons (Fsp3) is 0.238. The minimum absolute atomic E-state index is 0.0922. The molecule has 0 aliphatic carbocycles. The van der Waals surface area contributed by atoms with Gasteiger partial charge >= 0.3 is 0 Å². The van der Waals surface area contributed by atoms with Crippen LogP contribution in [0.25, 0.3) is 5.52 Å². The predicted octanol–water partition coefficient (Wildman–Crippen LogP) is 2.16. The van der Waals surface area contributed by atoms with Gasteiger partial charge in [-0.3, -0.25) is 9.08 Å². The average molecular weight is 457 g/mol. The van der Waals surface area contributed by atoms with Gasteiger partial charge in [-0.2, -0.15) is 5.10 Å². The smallest absolute Gasteiger partial charge is 0.271 e. The van der Waals surface area contributed by atoms with E-state index in [1.807, 2.05) is 25.3 Å². The Hall–Kier alpha value is -3.57. The molecule has 1 aromatic carbocycles. The molecule has 3 heterocycles. The van der Waals surface area contributed by atoms with Crippen molar-refractivity contribution in [2.24, 2.45) is 5.73 Å². The molecule has 0 spiro atoms. The Bertz CT molecular complexity index is 1350. The Kier molecular flexibility index (Phi) is 5.76. The van der Waals surface area contributed by atoms with E-state index in [-0.39, 0.29) is 22.3 Å². The number of imidazole rings is 1. The van der Waals surface area contributed by atoms with Gasteiger partial charge in [0.1, 0.15) is 11.5 Å². The van der Waals surface area contributed by atoms with Crippen molar-refractivity contribution in [3.05, 3.63) is 65.7 Å². The second-order valence-corrected chi connectivity index (χ2v) is 8.81. The zero-order valence-electron chi connectivity index (χ0n) is 17.9. The Balaban J connectivity index is 1.69. The molecule has 4 aromatic rings. The average Bonchev–Trinajstić information content (AvgIpc) is 3.39. The molecular formula is C21H24N6O4S. The van der Waals surface area contributed by atoms with E-state index < -0.39 is 10.0 Å². The molecule has 32 heavy (non-hydrogen) atoms. The summed E-state index contributed by atoms with van der Waals surface area (Å²) in [6.07, 6.45) is 5.25. The number of hydrogen-bond donors (Lipinski definition) is 2. The molecule has 3 aromatic heterocycles. The van der Waals surface area contributed by atoms with Crippen LogP contribution in [0.15, 0.2) is 53.8 Å². The lowest BCUT2D eigenvalue weighted by Gasteiger charge is -2.15. The van der Waals surface area contributed by atoms with Gasteiger partial charge in [-0.05, 0) is 36.8 Å². The monoisotopic (exact) mass is 456 g/mol. The maximum absolute atomic E-state index is 13.2. The number of aryl methyl sites for hydroxylation is 1. The number of hydrogen-bond acceptors (Lipinski definition) is 7. The molecule has 0 aliphatic rings. The lowest BCUT2D eigenvalue weighted by molar-refractivity contribution is 0.373. The number of nitrogens with zero attached hydrogens (tertiary/aromatic N) is 4. The van der Waals surface area contributed by atoms with Crippen LogP contribution >= 0.6 is 0 Å². The lowest BCUT2D eigenvalue weighted by Crippen LogP contribution is -2.17. The Morgan fingerprint density at radius 2 is 1.81 bits per heavy atom. The molecular weight excluding hydrogens is 432 g/mol. The number of nitrogens with two attached hydrogens (primary N) is 1. The van der Waals surface area contributed by atoms with Crippen molar-refractivity contribution in [3.63, 3.8) is 0 Å². The van der Waals surface area contributed by atoms with Gasteiger partial charge in [0, 0.05) is 24.0 Å². The first kappa shape index (κ1) is 21.7. The number of aromatic nitrogens is 4. The third-order valence-corrected chi connectivity index (χ3v) is 6.40. The summed E-state index contributed by atoms with van der Waals surface area (Å²) < 4.78 is 43.0. The van der Waals surface area contributed by atoms with Gasteiger partial charge in [-0.25, -0.2) is 18.1 Å². The van der Waals surface area contributed by atoms with Crippen molar-refractivity contribution < 1.29 is 17.9 Å². The number of sulfonamides is 1. The molecule has 11 heteroatoms. The molecule has 0 amide bonds. The van der Waals surface area contributed by atoms with Crippen LogP contribution in [-0.2, 0) is 23.1 Å². The fourth-order valence-corrected chi connectivity index (χ4v) is 4.92. The first-order chi connectivity index (χ1) is 15.4. The van der Waals surface area contributed by atoms with Crippen LogP contribution in [0.1, 0.15) is 16.8 Å². The molecule has 0 saturated carbocycles. The van der Waals surface area contributed by atoms with Gasteiger partial charge in [-0.1, -0.05) is 6.07 Å². The topological polar surface area (TPSA) is 126 Å². The minimum Gasteiger partial charge on any atom is -0.495 e. The first-order valence-corrected chi connectivity index (χ1v) is 11.3. The van der Waals surface area contributed by atoms with E-state index in [0.29, 0.717) is 13.1 Å². The van der Waals surface area contributed by atoms with E-state index in [9.17, 15) is 8.42 Å². The van der Waals surface area contributed by atoms with E-state index in [0.717, 1.165) is 22.3 Å².